The van der Waals surface area contributed by atoms with Crippen LogP contribution in [0.3, 0.4) is 0 Å². The van der Waals surface area contributed by atoms with Gasteiger partial charge in [0.05, 0.1) is 10.7 Å². The van der Waals surface area contributed by atoms with Crippen LogP contribution in [0.4, 0.5) is 5.69 Å². The second-order valence-electron chi connectivity index (χ2n) is 5.56. The first-order valence-corrected chi connectivity index (χ1v) is 8.00. The average molecular weight is 348 g/mol. The smallest absolute Gasteiger partial charge is 0.262 e. The molecule has 3 rings (SSSR count). The number of anilines is 1. The summed E-state index contributed by atoms with van der Waals surface area (Å²) in [6.07, 6.45) is 0. The van der Waals surface area contributed by atoms with Gasteiger partial charge >= 0.3 is 0 Å². The predicted octanol–water partition coefficient (Wildman–Crippen LogP) is 3.75. The summed E-state index contributed by atoms with van der Waals surface area (Å²) in [5, 5.41) is 3.11. The average Bonchev–Trinajstić information content (AvgIpc) is 2.56. The van der Waals surface area contributed by atoms with Gasteiger partial charge in [-0.25, -0.2) is 0 Å². The van der Waals surface area contributed by atoms with E-state index < -0.39 is 0 Å². The lowest BCUT2D eigenvalue weighted by Crippen LogP contribution is -2.21. The molecule has 0 atom stereocenters. The lowest BCUT2D eigenvalue weighted by molar-refractivity contribution is -0.118. The number of ether oxygens (including phenoxy) is 3. The van der Waals surface area contributed by atoms with Crippen LogP contribution in [-0.2, 0) is 4.79 Å². The quantitative estimate of drug-likeness (QED) is 0.915. The lowest BCUT2D eigenvalue weighted by Gasteiger charge is -2.20. The van der Waals surface area contributed by atoms with Crippen LogP contribution in [0.15, 0.2) is 30.3 Å². The predicted molar refractivity (Wildman–Crippen MR) is 92.5 cm³/mol. The Hall–Kier alpha value is -2.40. The first-order valence-electron chi connectivity index (χ1n) is 7.62. The second-order valence-corrected chi connectivity index (χ2v) is 5.97. The van der Waals surface area contributed by atoms with Crippen molar-refractivity contribution in [3.8, 4) is 17.2 Å². The van der Waals surface area contributed by atoms with Crippen LogP contribution in [0.5, 0.6) is 17.2 Å². The van der Waals surface area contributed by atoms with Gasteiger partial charge in [0, 0.05) is 12.1 Å². The molecule has 5 nitrogen and oxygen atoms in total. The molecule has 0 aliphatic carbocycles. The van der Waals surface area contributed by atoms with Crippen molar-refractivity contribution in [2.45, 2.75) is 13.8 Å². The third kappa shape index (κ3) is 3.74. The van der Waals surface area contributed by atoms with Crippen molar-refractivity contribution >= 4 is 23.2 Å². The maximum Gasteiger partial charge on any atom is 0.262 e. The van der Waals surface area contributed by atoms with E-state index in [2.05, 4.69) is 5.32 Å². The molecule has 6 heteroatoms. The lowest BCUT2D eigenvalue weighted by atomic mass is 10.1. The highest BCUT2D eigenvalue weighted by Gasteiger charge is 2.16. The molecule has 0 unspecified atom stereocenters. The highest BCUT2D eigenvalue weighted by atomic mass is 35.5. The number of rotatable bonds is 4. The number of benzene rings is 2. The van der Waals surface area contributed by atoms with Gasteiger partial charge in [0.1, 0.15) is 19.0 Å². The minimum Gasteiger partial charge on any atom is -0.486 e. The van der Waals surface area contributed by atoms with Gasteiger partial charge in [-0.15, -0.1) is 0 Å². The molecule has 0 bridgehead atoms. The molecule has 24 heavy (non-hydrogen) atoms. The number of hydrogen-bond acceptors (Lipinski definition) is 4. The maximum atomic E-state index is 12.1. The molecule has 126 valence electrons. The number of fused-ring (bicyclic) bond motifs is 1. The first-order chi connectivity index (χ1) is 11.5. The number of carbonyl (C=O) groups excluding carboxylic acids is 1. The summed E-state index contributed by atoms with van der Waals surface area (Å²) >= 11 is 6.17. The molecule has 1 amide bonds. The molecule has 1 heterocycles. The Bertz CT molecular complexity index is 776. The van der Waals surface area contributed by atoms with Gasteiger partial charge in [-0.2, -0.15) is 0 Å². The highest BCUT2D eigenvalue weighted by molar-refractivity contribution is 6.34. The Morgan fingerprint density at radius 3 is 2.54 bits per heavy atom. The zero-order valence-electron chi connectivity index (χ0n) is 13.5. The standard InChI is InChI=1S/C18H18ClNO4/c1-11-3-4-13(7-12(11)2)24-10-18(21)20-15-9-17-16(8-14(15)19)22-5-6-23-17/h3-4,7-9H,5-6,10H2,1-2H3,(H,20,21). The largest absolute Gasteiger partial charge is 0.486 e. The van der Waals surface area contributed by atoms with Gasteiger partial charge in [-0.1, -0.05) is 17.7 Å². The van der Waals surface area contributed by atoms with E-state index in [0.717, 1.165) is 5.56 Å². The Kier molecular flexibility index (Phi) is 4.81. The molecular formula is C18H18ClNO4. The Balaban J connectivity index is 1.63. The van der Waals surface area contributed by atoms with Gasteiger partial charge < -0.3 is 19.5 Å². The molecule has 0 aromatic heterocycles. The summed E-state index contributed by atoms with van der Waals surface area (Å²) in [4.78, 5) is 12.1. The molecule has 0 saturated heterocycles. The second kappa shape index (κ2) is 7.01. The Morgan fingerprint density at radius 1 is 1.12 bits per heavy atom. The van der Waals surface area contributed by atoms with Gasteiger partial charge in [0.15, 0.2) is 18.1 Å². The van der Waals surface area contributed by atoms with Gasteiger partial charge in [-0.05, 0) is 37.1 Å². The summed E-state index contributed by atoms with van der Waals surface area (Å²) in [5.74, 6) is 1.50. The molecular weight excluding hydrogens is 330 g/mol. The molecule has 2 aromatic rings. The number of nitrogens with one attached hydrogen (secondary N) is 1. The van der Waals surface area contributed by atoms with Crippen molar-refractivity contribution < 1.29 is 19.0 Å². The number of hydrogen-bond donors (Lipinski definition) is 1. The fraction of sp³-hybridized carbons (Fsp3) is 0.278. The number of carbonyl (C=O) groups is 1. The summed E-state index contributed by atoms with van der Waals surface area (Å²) in [6, 6.07) is 8.99. The van der Waals surface area contributed by atoms with Crippen molar-refractivity contribution in [1.82, 2.24) is 0 Å². The molecule has 1 aliphatic heterocycles. The summed E-state index contributed by atoms with van der Waals surface area (Å²) < 4.78 is 16.4. The van der Waals surface area contributed by atoms with E-state index >= 15 is 0 Å². The van der Waals surface area contributed by atoms with Crippen LogP contribution < -0.4 is 19.5 Å². The molecule has 1 aliphatic rings. The highest BCUT2D eigenvalue weighted by Crippen LogP contribution is 2.37. The topological polar surface area (TPSA) is 56.8 Å². The number of aryl methyl sites for hydroxylation is 2. The maximum absolute atomic E-state index is 12.1. The normalized spacial score (nSPS) is 12.6. The first kappa shape index (κ1) is 16.5. The van der Waals surface area contributed by atoms with E-state index in [9.17, 15) is 4.79 Å². The van der Waals surface area contributed by atoms with Crippen LogP contribution >= 0.6 is 11.6 Å². The number of halogens is 1. The van der Waals surface area contributed by atoms with E-state index in [4.69, 9.17) is 25.8 Å². The van der Waals surface area contributed by atoms with E-state index in [1.54, 1.807) is 12.1 Å². The van der Waals surface area contributed by atoms with Gasteiger partial charge in [0.25, 0.3) is 5.91 Å². The fourth-order valence-corrected chi connectivity index (χ4v) is 2.50. The summed E-state index contributed by atoms with van der Waals surface area (Å²) in [6.45, 7) is 4.87. The third-order valence-electron chi connectivity index (χ3n) is 3.75. The van der Waals surface area contributed by atoms with E-state index in [-0.39, 0.29) is 12.5 Å². The fourth-order valence-electron chi connectivity index (χ4n) is 2.30. The van der Waals surface area contributed by atoms with Crippen molar-refractivity contribution in [3.05, 3.63) is 46.5 Å². The van der Waals surface area contributed by atoms with Gasteiger partial charge in [-0.3, -0.25) is 4.79 Å². The van der Waals surface area contributed by atoms with Crippen LogP contribution in [0.2, 0.25) is 5.02 Å². The van der Waals surface area contributed by atoms with E-state index in [1.807, 2.05) is 32.0 Å². The summed E-state index contributed by atoms with van der Waals surface area (Å²) in [7, 11) is 0. The van der Waals surface area contributed by atoms with E-state index in [1.165, 1.54) is 5.56 Å². The third-order valence-corrected chi connectivity index (χ3v) is 4.07. The molecule has 0 saturated carbocycles. The minimum atomic E-state index is -0.299. The van der Waals surface area contributed by atoms with Crippen molar-refractivity contribution in [1.29, 1.82) is 0 Å². The molecule has 0 spiro atoms. The molecule has 0 fully saturated rings. The van der Waals surface area contributed by atoms with Crippen LogP contribution in [-0.4, -0.2) is 25.7 Å². The van der Waals surface area contributed by atoms with Crippen LogP contribution in [0.25, 0.3) is 0 Å². The Labute approximate surface area is 145 Å². The summed E-state index contributed by atoms with van der Waals surface area (Å²) in [5.41, 5.74) is 2.76. The monoisotopic (exact) mass is 347 g/mol. The molecule has 2 aromatic carbocycles. The minimum absolute atomic E-state index is 0.104. The van der Waals surface area contributed by atoms with E-state index in [0.29, 0.717) is 41.2 Å². The molecule has 1 N–H and O–H groups in total. The zero-order chi connectivity index (χ0) is 17.1. The van der Waals surface area contributed by atoms with Crippen molar-refractivity contribution in [3.63, 3.8) is 0 Å². The molecule has 0 radical (unpaired) electrons. The van der Waals surface area contributed by atoms with Crippen molar-refractivity contribution in [2.75, 3.05) is 25.1 Å². The zero-order valence-corrected chi connectivity index (χ0v) is 14.3. The van der Waals surface area contributed by atoms with Crippen LogP contribution in [0, 0.1) is 13.8 Å². The number of amides is 1. The Morgan fingerprint density at radius 2 is 1.83 bits per heavy atom. The SMILES string of the molecule is Cc1ccc(OCC(=O)Nc2cc3c(cc2Cl)OCCO3)cc1C. The van der Waals surface area contributed by atoms with Gasteiger partial charge in [0.2, 0.25) is 0 Å². The van der Waals surface area contributed by atoms with Crippen LogP contribution in [0.1, 0.15) is 11.1 Å². The van der Waals surface area contributed by atoms with Crippen molar-refractivity contribution in [2.24, 2.45) is 0 Å².